The van der Waals surface area contributed by atoms with Gasteiger partial charge in [0, 0.05) is 10.7 Å². The van der Waals surface area contributed by atoms with Gasteiger partial charge in [0.1, 0.15) is 12.3 Å². The third kappa shape index (κ3) is 4.43. The largest absolute Gasteiger partial charge is 0.480 e. The van der Waals surface area contributed by atoms with Gasteiger partial charge >= 0.3 is 6.03 Å². The van der Waals surface area contributed by atoms with E-state index in [-0.39, 0.29) is 25.0 Å². The lowest BCUT2D eigenvalue weighted by atomic mass is 10.0. The first-order chi connectivity index (χ1) is 13.6. The van der Waals surface area contributed by atoms with Crippen LogP contribution in [-0.4, -0.2) is 35.3 Å². The first-order valence-electron chi connectivity index (χ1n) is 9.24. The van der Waals surface area contributed by atoms with Crippen molar-refractivity contribution in [3.63, 3.8) is 0 Å². The molecule has 0 spiro atoms. The Morgan fingerprint density at radius 2 is 1.69 bits per heavy atom. The van der Waals surface area contributed by atoms with Gasteiger partial charge in [0.25, 0.3) is 5.91 Å². The molecule has 3 rings (SSSR count). The highest BCUT2D eigenvalue weighted by Crippen LogP contribution is 2.30. The van der Waals surface area contributed by atoms with E-state index in [4.69, 9.17) is 16.3 Å². The first kappa shape index (κ1) is 20.9. The van der Waals surface area contributed by atoms with Gasteiger partial charge in [-0.2, -0.15) is 0 Å². The van der Waals surface area contributed by atoms with Crippen molar-refractivity contribution in [1.82, 2.24) is 4.90 Å². The molecule has 0 bridgehead atoms. The quantitative estimate of drug-likeness (QED) is 0.522. The van der Waals surface area contributed by atoms with Gasteiger partial charge in [-0.25, -0.2) is 4.79 Å². The van der Waals surface area contributed by atoms with Crippen LogP contribution in [0.5, 0.6) is 5.75 Å². The summed E-state index contributed by atoms with van der Waals surface area (Å²) in [5, 5.41) is 0.564. The Morgan fingerprint density at radius 1 is 1.10 bits per heavy atom. The second-order valence-electron chi connectivity index (χ2n) is 7.71. The van der Waals surface area contributed by atoms with E-state index < -0.39 is 5.60 Å². The van der Waals surface area contributed by atoms with Gasteiger partial charge in [-0.3, -0.25) is 19.4 Å². The summed E-state index contributed by atoms with van der Waals surface area (Å²) in [4.78, 5) is 39.1. The van der Waals surface area contributed by atoms with E-state index in [1.165, 1.54) is 9.80 Å². The number of aldehydes is 1. The molecule has 3 amide bonds. The molecule has 1 heterocycles. The van der Waals surface area contributed by atoms with Crippen LogP contribution in [0.25, 0.3) is 0 Å². The van der Waals surface area contributed by atoms with Crippen LogP contribution in [0.1, 0.15) is 30.5 Å². The molecule has 1 fully saturated rings. The number of ether oxygens (including phenoxy) is 1. The van der Waals surface area contributed by atoms with E-state index in [0.717, 1.165) is 23.0 Å². The smallest absolute Gasteiger partial charge is 0.332 e. The summed E-state index contributed by atoms with van der Waals surface area (Å²) >= 11 is 5.90. The molecule has 152 valence electrons. The third-order valence-electron chi connectivity index (χ3n) is 4.70. The van der Waals surface area contributed by atoms with Crippen molar-refractivity contribution < 1.29 is 19.1 Å². The van der Waals surface area contributed by atoms with E-state index >= 15 is 0 Å². The summed E-state index contributed by atoms with van der Waals surface area (Å²) in [7, 11) is 0. The summed E-state index contributed by atoms with van der Waals surface area (Å²) in [6.45, 7) is 7.30. The number of benzene rings is 2. The Hall–Kier alpha value is -2.86. The SMILES string of the molecule is Cc1cc(CN2C(=O)CN(c3ccc(Cl)cc3)C2=O)cc(C)c1OC(C)(C)C=O. The maximum atomic E-state index is 12.8. The molecule has 1 aliphatic heterocycles. The molecule has 0 atom stereocenters. The van der Waals surface area contributed by atoms with Gasteiger partial charge < -0.3 is 4.74 Å². The van der Waals surface area contributed by atoms with Crippen LogP contribution < -0.4 is 9.64 Å². The first-order valence-corrected chi connectivity index (χ1v) is 9.62. The van der Waals surface area contributed by atoms with Crippen LogP contribution >= 0.6 is 11.6 Å². The minimum absolute atomic E-state index is 0.00680. The average molecular weight is 415 g/mol. The molecule has 0 unspecified atom stereocenters. The van der Waals surface area contributed by atoms with Gasteiger partial charge in [-0.05, 0) is 68.7 Å². The zero-order chi connectivity index (χ0) is 21.3. The average Bonchev–Trinajstić information content (AvgIpc) is 2.94. The molecular formula is C22H23ClN2O4. The van der Waals surface area contributed by atoms with Crippen molar-refractivity contribution in [2.45, 2.75) is 39.8 Å². The molecule has 2 aromatic carbocycles. The third-order valence-corrected chi connectivity index (χ3v) is 4.96. The second kappa shape index (κ2) is 7.87. The molecule has 0 aromatic heterocycles. The zero-order valence-corrected chi connectivity index (χ0v) is 17.6. The highest BCUT2D eigenvalue weighted by atomic mass is 35.5. The fraction of sp³-hybridized carbons (Fsp3) is 0.318. The molecule has 6 nitrogen and oxygen atoms in total. The standard InChI is InChI=1S/C22H23ClN2O4/c1-14-9-16(10-15(2)20(14)29-22(3,4)13-26)11-25-19(27)12-24(21(25)28)18-7-5-17(23)6-8-18/h5-10,13H,11-12H2,1-4H3. The van der Waals surface area contributed by atoms with Crippen LogP contribution in [0.3, 0.4) is 0 Å². The molecule has 0 aliphatic carbocycles. The fourth-order valence-electron chi connectivity index (χ4n) is 3.28. The fourth-order valence-corrected chi connectivity index (χ4v) is 3.41. The molecule has 1 aliphatic rings. The number of nitrogens with zero attached hydrogens (tertiary/aromatic N) is 2. The van der Waals surface area contributed by atoms with Crippen molar-refractivity contribution in [3.8, 4) is 5.75 Å². The number of carbonyl (C=O) groups excluding carboxylic acids is 3. The van der Waals surface area contributed by atoms with E-state index in [9.17, 15) is 14.4 Å². The van der Waals surface area contributed by atoms with Crippen molar-refractivity contribution in [2.75, 3.05) is 11.4 Å². The van der Waals surface area contributed by atoms with Crippen LogP contribution in [-0.2, 0) is 16.1 Å². The number of halogens is 1. The minimum Gasteiger partial charge on any atom is -0.480 e. The van der Waals surface area contributed by atoms with Gasteiger partial charge in [0.2, 0.25) is 0 Å². The van der Waals surface area contributed by atoms with Crippen molar-refractivity contribution in [1.29, 1.82) is 0 Å². The summed E-state index contributed by atoms with van der Waals surface area (Å²) in [5.41, 5.74) is 2.18. The van der Waals surface area contributed by atoms with Crippen LogP contribution in [0.15, 0.2) is 36.4 Å². The number of urea groups is 1. The van der Waals surface area contributed by atoms with Gasteiger partial charge in [-0.1, -0.05) is 23.7 Å². The molecule has 2 aromatic rings. The summed E-state index contributed by atoms with van der Waals surface area (Å²) in [6, 6.07) is 10.2. The monoisotopic (exact) mass is 414 g/mol. The number of hydrogen-bond acceptors (Lipinski definition) is 4. The summed E-state index contributed by atoms with van der Waals surface area (Å²) in [5.74, 6) is 0.371. The number of imide groups is 1. The molecule has 1 saturated heterocycles. The van der Waals surface area contributed by atoms with Crippen LogP contribution in [0.4, 0.5) is 10.5 Å². The Labute approximate surface area is 175 Å². The molecule has 0 saturated carbocycles. The second-order valence-corrected chi connectivity index (χ2v) is 8.14. The van der Waals surface area contributed by atoms with Gasteiger partial charge in [-0.15, -0.1) is 0 Å². The van der Waals surface area contributed by atoms with Crippen LogP contribution in [0, 0.1) is 13.8 Å². The number of amides is 3. The number of carbonyl (C=O) groups is 3. The van der Waals surface area contributed by atoms with Crippen molar-refractivity contribution >= 4 is 35.5 Å². The maximum absolute atomic E-state index is 12.8. The Morgan fingerprint density at radius 3 is 2.24 bits per heavy atom. The number of hydrogen-bond donors (Lipinski definition) is 0. The Balaban J connectivity index is 1.81. The number of rotatable bonds is 6. The number of anilines is 1. The summed E-state index contributed by atoms with van der Waals surface area (Å²) < 4.78 is 5.83. The Bertz CT molecular complexity index is 946. The maximum Gasteiger partial charge on any atom is 0.332 e. The topological polar surface area (TPSA) is 66.9 Å². The molecule has 7 heteroatoms. The number of aryl methyl sites for hydroxylation is 2. The van der Waals surface area contributed by atoms with Gasteiger partial charge in [0.15, 0.2) is 11.9 Å². The highest BCUT2D eigenvalue weighted by Gasteiger charge is 2.37. The van der Waals surface area contributed by atoms with Crippen molar-refractivity contribution in [3.05, 3.63) is 58.1 Å². The van der Waals surface area contributed by atoms with E-state index in [1.54, 1.807) is 38.1 Å². The van der Waals surface area contributed by atoms with Crippen LogP contribution in [0.2, 0.25) is 5.02 Å². The predicted molar refractivity (Wildman–Crippen MR) is 111 cm³/mol. The zero-order valence-electron chi connectivity index (χ0n) is 16.9. The van der Waals surface area contributed by atoms with E-state index in [0.29, 0.717) is 16.5 Å². The van der Waals surface area contributed by atoms with Gasteiger partial charge in [0.05, 0.1) is 6.54 Å². The van der Waals surface area contributed by atoms with E-state index in [2.05, 4.69) is 0 Å². The highest BCUT2D eigenvalue weighted by molar-refractivity contribution is 6.30. The molecule has 0 N–H and O–H groups in total. The van der Waals surface area contributed by atoms with E-state index in [1.807, 2.05) is 26.0 Å². The normalized spacial score (nSPS) is 14.5. The predicted octanol–water partition coefficient (Wildman–Crippen LogP) is 4.28. The van der Waals surface area contributed by atoms with Crippen molar-refractivity contribution in [2.24, 2.45) is 0 Å². The minimum atomic E-state index is -0.934. The Kier molecular flexibility index (Phi) is 5.66. The molecule has 29 heavy (non-hydrogen) atoms. The lowest BCUT2D eigenvalue weighted by Crippen LogP contribution is -2.33. The lowest BCUT2D eigenvalue weighted by molar-refractivity contribution is -0.125. The molecular weight excluding hydrogens is 392 g/mol. The lowest BCUT2D eigenvalue weighted by Gasteiger charge is -2.24. The molecule has 0 radical (unpaired) electrons. The summed E-state index contributed by atoms with van der Waals surface area (Å²) in [6.07, 6.45) is 0.757.